The van der Waals surface area contributed by atoms with Crippen LogP contribution in [0.4, 0.5) is 10.1 Å². The smallest absolute Gasteiger partial charge is 0.237 e. The molecule has 0 N–H and O–H groups in total. The molecule has 0 bridgehead atoms. The van der Waals surface area contributed by atoms with Crippen LogP contribution in [0.3, 0.4) is 0 Å². The Balaban J connectivity index is 1.33. The Bertz CT molecular complexity index is 1170. The van der Waals surface area contributed by atoms with Crippen LogP contribution in [0.1, 0.15) is 36.0 Å². The van der Waals surface area contributed by atoms with E-state index in [4.69, 9.17) is 0 Å². The molecule has 2 amide bonds. The monoisotopic (exact) mass is 454 g/mol. The van der Waals surface area contributed by atoms with Gasteiger partial charge in [0, 0.05) is 5.56 Å². The first kappa shape index (κ1) is 20.3. The van der Waals surface area contributed by atoms with Crippen molar-refractivity contribution >= 4 is 56.6 Å². The van der Waals surface area contributed by atoms with Gasteiger partial charge >= 0.3 is 0 Å². The molecule has 1 aromatic heterocycles. The van der Waals surface area contributed by atoms with E-state index in [0.29, 0.717) is 11.3 Å². The molecule has 0 unspecified atom stereocenters. The average molecular weight is 455 g/mol. The maximum Gasteiger partial charge on any atom is 0.237 e. The van der Waals surface area contributed by atoms with Gasteiger partial charge in [0.15, 0.2) is 10.1 Å². The highest BCUT2D eigenvalue weighted by Crippen LogP contribution is 2.41. The lowest BCUT2D eigenvalue weighted by atomic mass is 9.81. The van der Waals surface area contributed by atoms with Crippen LogP contribution in [0, 0.1) is 17.7 Å². The van der Waals surface area contributed by atoms with E-state index < -0.39 is 0 Å². The Hall–Kier alpha value is -2.58. The number of thioether (sulfide) groups is 1. The van der Waals surface area contributed by atoms with Crippen molar-refractivity contribution in [2.24, 2.45) is 11.8 Å². The second kappa shape index (κ2) is 8.16. The molecule has 2 fully saturated rings. The minimum Gasteiger partial charge on any atom is -0.293 e. The first-order chi connectivity index (χ1) is 15.0. The van der Waals surface area contributed by atoms with E-state index in [9.17, 15) is 18.8 Å². The topological polar surface area (TPSA) is 67.3 Å². The zero-order chi connectivity index (χ0) is 21.5. The van der Waals surface area contributed by atoms with Crippen molar-refractivity contribution in [3.8, 4) is 0 Å². The number of aromatic nitrogens is 1. The largest absolute Gasteiger partial charge is 0.293 e. The Morgan fingerprint density at radius 1 is 1.06 bits per heavy atom. The van der Waals surface area contributed by atoms with Crippen molar-refractivity contribution in [2.75, 3.05) is 10.7 Å². The number of carbonyl (C=O) groups is 3. The second-order valence-electron chi connectivity index (χ2n) is 7.86. The number of ketones is 1. The van der Waals surface area contributed by atoms with Gasteiger partial charge in [0.1, 0.15) is 5.82 Å². The number of benzene rings is 2. The van der Waals surface area contributed by atoms with Crippen LogP contribution in [-0.2, 0) is 9.59 Å². The SMILES string of the molecule is O=C(CSc1nc2ccc(N3C(=O)[C@H]4CCCC[C@@H]4C3=O)cc2s1)c1ccc(F)cc1. The van der Waals surface area contributed by atoms with Gasteiger partial charge in [0.05, 0.1) is 33.5 Å². The summed E-state index contributed by atoms with van der Waals surface area (Å²) >= 11 is 2.75. The van der Waals surface area contributed by atoms with E-state index in [1.807, 2.05) is 12.1 Å². The van der Waals surface area contributed by atoms with Gasteiger partial charge in [0.25, 0.3) is 0 Å². The molecular weight excluding hydrogens is 435 g/mol. The van der Waals surface area contributed by atoms with Gasteiger partial charge in [-0.1, -0.05) is 24.6 Å². The minimum atomic E-state index is -0.375. The zero-order valence-corrected chi connectivity index (χ0v) is 18.2. The molecule has 0 radical (unpaired) electrons. The number of Topliss-reactive ketones (excluding diaryl/α,β-unsaturated/α-hetero) is 1. The highest BCUT2D eigenvalue weighted by molar-refractivity contribution is 8.01. The number of halogens is 1. The van der Waals surface area contributed by atoms with Gasteiger partial charge in [0.2, 0.25) is 11.8 Å². The van der Waals surface area contributed by atoms with Crippen LogP contribution in [0.25, 0.3) is 10.2 Å². The van der Waals surface area contributed by atoms with Crippen molar-refractivity contribution in [3.63, 3.8) is 0 Å². The summed E-state index contributed by atoms with van der Waals surface area (Å²) in [6.45, 7) is 0. The second-order valence-corrected chi connectivity index (χ2v) is 10.1. The lowest BCUT2D eigenvalue weighted by Crippen LogP contribution is -2.30. The summed E-state index contributed by atoms with van der Waals surface area (Å²) in [4.78, 5) is 43.9. The molecule has 1 saturated carbocycles. The Labute approximate surface area is 186 Å². The van der Waals surface area contributed by atoms with Crippen LogP contribution in [0.5, 0.6) is 0 Å². The fourth-order valence-electron chi connectivity index (χ4n) is 4.36. The fourth-order valence-corrected chi connectivity index (χ4v) is 6.35. The van der Waals surface area contributed by atoms with Gasteiger partial charge in [-0.3, -0.25) is 19.3 Å². The van der Waals surface area contributed by atoms with Gasteiger partial charge in [-0.2, -0.15) is 0 Å². The highest BCUT2D eigenvalue weighted by Gasteiger charge is 2.48. The van der Waals surface area contributed by atoms with E-state index >= 15 is 0 Å². The number of thiazole rings is 1. The molecular formula is C23H19FN2O3S2. The van der Waals surface area contributed by atoms with E-state index in [-0.39, 0.29) is 41.0 Å². The molecule has 158 valence electrons. The molecule has 2 atom stereocenters. The highest BCUT2D eigenvalue weighted by atomic mass is 32.2. The molecule has 5 rings (SSSR count). The molecule has 0 spiro atoms. The lowest BCUT2D eigenvalue weighted by molar-refractivity contribution is -0.122. The van der Waals surface area contributed by atoms with E-state index in [1.165, 1.54) is 52.3 Å². The standard InChI is InChI=1S/C23H19FN2O3S2/c24-14-7-5-13(6-8-14)19(27)12-30-23-25-18-10-9-15(11-20(18)31-23)26-21(28)16-3-1-2-4-17(16)22(26)29/h5-11,16-17H,1-4,12H2/t16-,17-/m0/s1. The van der Waals surface area contributed by atoms with Gasteiger partial charge in [-0.25, -0.2) is 9.37 Å². The number of nitrogens with zero attached hydrogens (tertiary/aromatic N) is 2. The third kappa shape index (κ3) is 3.78. The maximum absolute atomic E-state index is 13.0. The molecule has 1 aliphatic carbocycles. The minimum absolute atomic E-state index is 0.0851. The van der Waals surface area contributed by atoms with E-state index in [2.05, 4.69) is 4.98 Å². The van der Waals surface area contributed by atoms with Gasteiger partial charge in [-0.05, 0) is 55.3 Å². The summed E-state index contributed by atoms with van der Waals surface area (Å²) in [5.74, 6) is -0.800. The summed E-state index contributed by atoms with van der Waals surface area (Å²) in [6.07, 6.45) is 3.58. The van der Waals surface area contributed by atoms with Crippen LogP contribution in [-0.4, -0.2) is 28.3 Å². The van der Waals surface area contributed by atoms with Gasteiger partial charge in [-0.15, -0.1) is 11.3 Å². The third-order valence-corrected chi connectivity index (χ3v) is 8.11. The number of hydrogen-bond donors (Lipinski definition) is 0. The normalized spacial score (nSPS) is 21.0. The van der Waals surface area contributed by atoms with Crippen molar-refractivity contribution in [1.29, 1.82) is 0 Å². The van der Waals surface area contributed by atoms with Crippen LogP contribution < -0.4 is 4.90 Å². The predicted octanol–water partition coefficient (Wildman–Crippen LogP) is 5.09. The van der Waals surface area contributed by atoms with Crippen molar-refractivity contribution in [1.82, 2.24) is 4.98 Å². The molecule has 1 saturated heterocycles. The summed E-state index contributed by atoms with van der Waals surface area (Å²) in [7, 11) is 0. The Morgan fingerprint density at radius 3 is 2.42 bits per heavy atom. The van der Waals surface area contributed by atoms with Crippen LogP contribution in [0.2, 0.25) is 0 Å². The number of hydrogen-bond acceptors (Lipinski definition) is 6. The Morgan fingerprint density at radius 2 is 1.74 bits per heavy atom. The molecule has 1 aliphatic heterocycles. The molecule has 2 heterocycles. The first-order valence-electron chi connectivity index (χ1n) is 10.2. The summed E-state index contributed by atoms with van der Waals surface area (Å²) in [5, 5.41) is 0. The molecule has 2 aromatic carbocycles. The number of amides is 2. The van der Waals surface area contributed by atoms with Crippen molar-refractivity contribution < 1.29 is 18.8 Å². The summed E-state index contributed by atoms with van der Waals surface area (Å²) < 4.78 is 14.6. The number of anilines is 1. The summed E-state index contributed by atoms with van der Waals surface area (Å²) in [6, 6.07) is 10.9. The fraction of sp³-hybridized carbons (Fsp3) is 0.304. The molecule has 31 heavy (non-hydrogen) atoms. The third-order valence-electron chi connectivity index (χ3n) is 5.94. The number of fused-ring (bicyclic) bond motifs is 2. The molecule has 3 aromatic rings. The first-order valence-corrected chi connectivity index (χ1v) is 12.0. The quantitative estimate of drug-likeness (QED) is 0.305. The zero-order valence-electron chi connectivity index (χ0n) is 16.5. The number of imide groups is 1. The molecule has 2 aliphatic rings. The molecule has 5 nitrogen and oxygen atoms in total. The van der Waals surface area contributed by atoms with E-state index in [1.54, 1.807) is 6.07 Å². The predicted molar refractivity (Wildman–Crippen MR) is 119 cm³/mol. The molecule has 8 heteroatoms. The summed E-state index contributed by atoms with van der Waals surface area (Å²) in [5.41, 5.74) is 1.83. The lowest BCUT2D eigenvalue weighted by Gasteiger charge is -2.19. The van der Waals surface area contributed by atoms with Crippen molar-refractivity contribution in [2.45, 2.75) is 30.0 Å². The van der Waals surface area contributed by atoms with Crippen LogP contribution >= 0.6 is 23.1 Å². The van der Waals surface area contributed by atoms with Crippen LogP contribution in [0.15, 0.2) is 46.8 Å². The number of carbonyl (C=O) groups excluding carboxylic acids is 3. The van der Waals surface area contributed by atoms with E-state index in [0.717, 1.165) is 40.2 Å². The number of rotatable bonds is 5. The Kier molecular flexibility index (Phi) is 5.35. The maximum atomic E-state index is 13.0. The average Bonchev–Trinajstić information content (AvgIpc) is 3.30. The van der Waals surface area contributed by atoms with Crippen molar-refractivity contribution in [3.05, 3.63) is 53.8 Å². The van der Waals surface area contributed by atoms with Gasteiger partial charge < -0.3 is 0 Å².